The summed E-state index contributed by atoms with van der Waals surface area (Å²) in [4.78, 5) is 32.2. The lowest BCUT2D eigenvalue weighted by Gasteiger charge is -2.20. The van der Waals surface area contributed by atoms with Gasteiger partial charge in [-0.15, -0.1) is 0 Å². The van der Waals surface area contributed by atoms with Crippen molar-refractivity contribution in [2.24, 2.45) is 0 Å². The largest absolute Gasteiger partial charge is 0.384 e. The molecule has 3 rings (SSSR count). The van der Waals surface area contributed by atoms with Gasteiger partial charge in [0.05, 0.1) is 0 Å². The number of nitrogens with one attached hydrogen (secondary N) is 3. The summed E-state index contributed by atoms with van der Waals surface area (Å²) >= 11 is 0. The molecule has 2 aromatic heterocycles. The van der Waals surface area contributed by atoms with Gasteiger partial charge in [-0.25, -0.2) is 26.9 Å². The van der Waals surface area contributed by atoms with E-state index in [2.05, 4.69) is 20.6 Å². The Balaban J connectivity index is 1.90. The average molecular weight is 481 g/mol. The Morgan fingerprint density at radius 2 is 1.65 bits per heavy atom. The van der Waals surface area contributed by atoms with Crippen molar-refractivity contribution in [1.29, 1.82) is 0 Å². The Bertz CT molecular complexity index is 1210. The van der Waals surface area contributed by atoms with E-state index in [1.807, 2.05) is 0 Å². The second kappa shape index (κ2) is 9.89. The number of nitrogen functional groups attached to an aromatic ring is 1. The molecule has 0 bridgehead atoms. The average Bonchev–Trinajstić information content (AvgIpc) is 3.15. The molecule has 34 heavy (non-hydrogen) atoms. The number of carbonyl (C=O) groups is 2. The zero-order chi connectivity index (χ0) is 25.2. The lowest BCUT2D eigenvalue weighted by molar-refractivity contribution is -0.123. The van der Waals surface area contributed by atoms with Crippen molar-refractivity contribution in [3.8, 4) is 0 Å². The summed E-state index contributed by atoms with van der Waals surface area (Å²) in [5.41, 5.74) is 6.02. The molecule has 2 amide bonds. The Labute approximate surface area is 190 Å². The molecular weight excluding hydrogens is 461 g/mol. The van der Waals surface area contributed by atoms with E-state index >= 15 is 0 Å². The predicted octanol–water partition coefficient (Wildman–Crippen LogP) is 2.96. The first-order valence-electron chi connectivity index (χ1n) is 9.95. The number of halogens is 5. The van der Waals surface area contributed by atoms with E-state index in [0.29, 0.717) is 16.8 Å². The molecule has 1 aromatic carbocycles. The fourth-order valence-corrected chi connectivity index (χ4v) is 3.29. The van der Waals surface area contributed by atoms with Crippen LogP contribution in [0, 0.1) is 42.9 Å². The van der Waals surface area contributed by atoms with Crippen LogP contribution in [0.2, 0.25) is 0 Å². The maximum absolute atomic E-state index is 14.3. The molecule has 1 atom stereocenters. The third-order valence-electron chi connectivity index (χ3n) is 5.02. The van der Waals surface area contributed by atoms with Crippen LogP contribution in [0.15, 0.2) is 24.4 Å². The van der Waals surface area contributed by atoms with Gasteiger partial charge in [0.25, 0.3) is 5.91 Å². The van der Waals surface area contributed by atoms with Gasteiger partial charge in [0, 0.05) is 30.4 Å². The number of aromatic nitrogens is 2. The summed E-state index contributed by atoms with van der Waals surface area (Å²) in [7, 11) is 0. The van der Waals surface area contributed by atoms with Gasteiger partial charge in [0.2, 0.25) is 11.7 Å². The van der Waals surface area contributed by atoms with E-state index in [0.717, 1.165) is 0 Å². The summed E-state index contributed by atoms with van der Waals surface area (Å²) in [6.07, 6.45) is 0.375. The summed E-state index contributed by atoms with van der Waals surface area (Å²) in [6, 6.07) is 3.02. The van der Waals surface area contributed by atoms with Gasteiger partial charge in [0.1, 0.15) is 17.6 Å². The molecule has 0 saturated carbocycles. The first-order valence-corrected chi connectivity index (χ1v) is 9.95. The number of nitrogens with zero attached hydrogens (tertiary/aromatic N) is 1. The van der Waals surface area contributed by atoms with Crippen molar-refractivity contribution < 1.29 is 31.5 Å². The van der Waals surface area contributed by atoms with Crippen LogP contribution in [0.4, 0.5) is 27.8 Å². The molecule has 0 aliphatic heterocycles. The molecule has 0 unspecified atom stereocenters. The molecule has 3 aromatic rings. The summed E-state index contributed by atoms with van der Waals surface area (Å²) < 4.78 is 69.3. The molecule has 5 N–H and O–H groups in total. The standard InChI is InChI=1S/C22H20F5N5O2/c1-9-5-10(2)31-20(9)22(34)32-13(21(33)30-8-11-3-4-14(28)29-7-11)6-12-15(23)17(25)19(27)18(26)16(12)24/h3-5,7,13,31H,6,8H2,1-2H3,(H2,28,29)(H,30,33)(H,32,34)/t13-/m0/s1. The van der Waals surface area contributed by atoms with Gasteiger partial charge in [-0.2, -0.15) is 0 Å². The van der Waals surface area contributed by atoms with Gasteiger partial charge < -0.3 is 21.4 Å². The maximum atomic E-state index is 14.3. The number of benzene rings is 1. The number of nitrogens with two attached hydrogens (primary N) is 1. The van der Waals surface area contributed by atoms with Crippen LogP contribution in [-0.2, 0) is 17.8 Å². The third-order valence-corrected chi connectivity index (χ3v) is 5.02. The van der Waals surface area contributed by atoms with Crippen molar-refractivity contribution in [1.82, 2.24) is 20.6 Å². The number of aryl methyl sites for hydroxylation is 2. The number of anilines is 1. The number of hydrogen-bond acceptors (Lipinski definition) is 4. The Hall–Kier alpha value is -3.96. The molecular formula is C22H20F5N5O2. The van der Waals surface area contributed by atoms with E-state index in [-0.39, 0.29) is 18.1 Å². The molecule has 0 aliphatic carbocycles. The van der Waals surface area contributed by atoms with Gasteiger partial charge in [0.15, 0.2) is 23.3 Å². The van der Waals surface area contributed by atoms with Crippen LogP contribution in [0.3, 0.4) is 0 Å². The lowest BCUT2D eigenvalue weighted by atomic mass is 10.0. The molecule has 0 fully saturated rings. The molecule has 0 radical (unpaired) electrons. The van der Waals surface area contributed by atoms with Gasteiger partial charge >= 0.3 is 0 Å². The minimum Gasteiger partial charge on any atom is -0.384 e. The lowest BCUT2D eigenvalue weighted by Crippen LogP contribution is -2.48. The Kier molecular flexibility index (Phi) is 7.18. The quantitative estimate of drug-likeness (QED) is 0.236. The highest BCUT2D eigenvalue weighted by molar-refractivity contribution is 5.97. The first kappa shape index (κ1) is 24.7. The van der Waals surface area contributed by atoms with E-state index in [1.54, 1.807) is 26.0 Å². The maximum Gasteiger partial charge on any atom is 0.268 e. The van der Waals surface area contributed by atoms with Crippen molar-refractivity contribution in [3.63, 3.8) is 0 Å². The summed E-state index contributed by atoms with van der Waals surface area (Å²) in [5.74, 6) is -12.3. The Morgan fingerprint density at radius 3 is 2.18 bits per heavy atom. The van der Waals surface area contributed by atoms with E-state index < -0.39 is 58.9 Å². The van der Waals surface area contributed by atoms with Crippen LogP contribution in [0.25, 0.3) is 0 Å². The number of amides is 2. The number of carbonyl (C=O) groups excluding carboxylic acids is 2. The number of hydrogen-bond donors (Lipinski definition) is 4. The molecule has 0 saturated heterocycles. The second-order valence-corrected chi connectivity index (χ2v) is 7.60. The monoisotopic (exact) mass is 481 g/mol. The second-order valence-electron chi connectivity index (χ2n) is 7.60. The number of aromatic amines is 1. The molecule has 2 heterocycles. The molecule has 0 aliphatic rings. The molecule has 180 valence electrons. The van der Waals surface area contributed by atoms with E-state index in [4.69, 9.17) is 5.73 Å². The minimum atomic E-state index is -2.32. The van der Waals surface area contributed by atoms with Gasteiger partial charge in [-0.1, -0.05) is 6.07 Å². The SMILES string of the molecule is Cc1cc(C)c(C(=O)N[C@@H](Cc2c(F)c(F)c(F)c(F)c2F)C(=O)NCc2ccc(N)nc2)[nH]1. The van der Waals surface area contributed by atoms with E-state index in [1.165, 1.54) is 12.3 Å². The molecule has 7 nitrogen and oxygen atoms in total. The molecule has 0 spiro atoms. The normalized spacial score (nSPS) is 11.9. The van der Waals surface area contributed by atoms with Gasteiger partial charge in [-0.3, -0.25) is 9.59 Å². The fraction of sp³-hybridized carbons (Fsp3) is 0.227. The number of pyridine rings is 1. The van der Waals surface area contributed by atoms with E-state index in [9.17, 15) is 31.5 Å². The van der Waals surface area contributed by atoms with Crippen LogP contribution in [-0.4, -0.2) is 27.8 Å². The first-order chi connectivity index (χ1) is 16.0. The summed E-state index contributed by atoms with van der Waals surface area (Å²) in [6.45, 7) is 3.20. The minimum absolute atomic E-state index is 0.0791. The van der Waals surface area contributed by atoms with Crippen molar-refractivity contribution in [2.75, 3.05) is 5.73 Å². The zero-order valence-corrected chi connectivity index (χ0v) is 18.0. The van der Waals surface area contributed by atoms with Crippen molar-refractivity contribution in [2.45, 2.75) is 32.9 Å². The fourth-order valence-electron chi connectivity index (χ4n) is 3.29. The van der Waals surface area contributed by atoms with Crippen molar-refractivity contribution >= 4 is 17.6 Å². The smallest absolute Gasteiger partial charge is 0.268 e. The van der Waals surface area contributed by atoms with Crippen LogP contribution < -0.4 is 16.4 Å². The zero-order valence-electron chi connectivity index (χ0n) is 18.0. The van der Waals surface area contributed by atoms with Gasteiger partial charge in [-0.05, 0) is 37.1 Å². The van der Waals surface area contributed by atoms with Crippen LogP contribution in [0.5, 0.6) is 0 Å². The van der Waals surface area contributed by atoms with Crippen LogP contribution in [0.1, 0.15) is 32.9 Å². The highest BCUT2D eigenvalue weighted by atomic mass is 19.2. The van der Waals surface area contributed by atoms with Crippen LogP contribution >= 0.6 is 0 Å². The number of H-pyrrole nitrogens is 1. The predicted molar refractivity (Wildman–Crippen MR) is 112 cm³/mol. The van der Waals surface area contributed by atoms with Crippen molar-refractivity contribution in [3.05, 3.63) is 81.6 Å². The highest BCUT2D eigenvalue weighted by Gasteiger charge is 2.31. The number of rotatable bonds is 7. The molecule has 12 heteroatoms. The highest BCUT2D eigenvalue weighted by Crippen LogP contribution is 2.24. The summed E-state index contributed by atoms with van der Waals surface area (Å²) in [5, 5.41) is 4.74. The topological polar surface area (TPSA) is 113 Å². The third kappa shape index (κ3) is 5.16. The Morgan fingerprint density at radius 1 is 1.03 bits per heavy atom.